The maximum atomic E-state index is 5.97. The average molecular weight is 198 g/mol. The first-order valence-corrected chi connectivity index (χ1v) is 5.59. The molecule has 2 atom stereocenters. The van der Waals surface area contributed by atoms with E-state index in [2.05, 4.69) is 42.6 Å². The highest BCUT2D eigenvalue weighted by molar-refractivity contribution is 7.07. The van der Waals surface area contributed by atoms with Crippen LogP contribution in [0.25, 0.3) is 0 Å². The zero-order chi connectivity index (χ0) is 9.84. The Balaban J connectivity index is 2.80. The summed E-state index contributed by atoms with van der Waals surface area (Å²) in [6.07, 6.45) is 0. The van der Waals surface area contributed by atoms with Gasteiger partial charge in [0.1, 0.15) is 0 Å². The fraction of sp³-hybridized carbons (Fsp3) is 0.600. The number of nitrogens with two attached hydrogens (primary N) is 1. The number of hydrogen-bond acceptors (Lipinski definition) is 3. The normalized spacial score (nSPS) is 16.1. The molecule has 0 aliphatic rings. The Morgan fingerprint density at radius 3 is 2.69 bits per heavy atom. The van der Waals surface area contributed by atoms with Crippen LogP contribution in [-0.2, 0) is 0 Å². The summed E-state index contributed by atoms with van der Waals surface area (Å²) in [7, 11) is 2.12. The van der Waals surface area contributed by atoms with Gasteiger partial charge in [0.25, 0.3) is 0 Å². The molecule has 0 saturated heterocycles. The topological polar surface area (TPSA) is 29.3 Å². The zero-order valence-electron chi connectivity index (χ0n) is 8.53. The smallest absolute Gasteiger partial charge is 0.0501 e. The molecule has 0 bridgehead atoms. The molecule has 2 nitrogen and oxygen atoms in total. The highest BCUT2D eigenvalue weighted by atomic mass is 32.1. The van der Waals surface area contributed by atoms with E-state index in [0.29, 0.717) is 6.04 Å². The van der Waals surface area contributed by atoms with Gasteiger partial charge in [-0.2, -0.15) is 11.3 Å². The highest BCUT2D eigenvalue weighted by Crippen LogP contribution is 2.23. The van der Waals surface area contributed by atoms with Gasteiger partial charge >= 0.3 is 0 Å². The molecule has 1 heterocycles. The first kappa shape index (κ1) is 10.7. The Labute approximate surface area is 84.4 Å². The molecule has 0 amide bonds. The summed E-state index contributed by atoms with van der Waals surface area (Å²) in [6, 6.07) is 2.70. The van der Waals surface area contributed by atoms with E-state index in [0.717, 1.165) is 6.54 Å². The van der Waals surface area contributed by atoms with Gasteiger partial charge in [-0.05, 0) is 42.9 Å². The van der Waals surface area contributed by atoms with E-state index in [1.165, 1.54) is 5.56 Å². The monoisotopic (exact) mass is 198 g/mol. The van der Waals surface area contributed by atoms with Crippen molar-refractivity contribution in [3.05, 3.63) is 22.4 Å². The molecule has 0 aliphatic heterocycles. The third-order valence-corrected chi connectivity index (χ3v) is 3.06. The predicted octanol–water partition coefficient (Wildman–Crippen LogP) is 2.09. The molecule has 0 spiro atoms. The summed E-state index contributed by atoms with van der Waals surface area (Å²) in [5, 5.41) is 4.29. The molecule has 1 aromatic rings. The van der Waals surface area contributed by atoms with Gasteiger partial charge in [0, 0.05) is 6.04 Å². The van der Waals surface area contributed by atoms with Crippen LogP contribution in [0.2, 0.25) is 0 Å². The van der Waals surface area contributed by atoms with Gasteiger partial charge in [0.2, 0.25) is 0 Å². The van der Waals surface area contributed by atoms with Crippen molar-refractivity contribution in [1.82, 2.24) is 4.90 Å². The number of likely N-dealkylation sites (N-methyl/N-ethyl adjacent to an activating group) is 1. The molecule has 2 unspecified atom stereocenters. The molecule has 74 valence electrons. The molecular formula is C10H18N2S. The molecule has 0 fully saturated rings. The number of hydrogen-bond donors (Lipinski definition) is 1. The Hall–Kier alpha value is -0.380. The van der Waals surface area contributed by atoms with Crippen molar-refractivity contribution in [2.75, 3.05) is 13.6 Å². The van der Waals surface area contributed by atoms with Gasteiger partial charge in [0.05, 0.1) is 6.04 Å². The van der Waals surface area contributed by atoms with E-state index in [4.69, 9.17) is 5.73 Å². The molecule has 2 N–H and O–H groups in total. The van der Waals surface area contributed by atoms with E-state index in [1.807, 2.05) is 0 Å². The molecule has 3 heteroatoms. The van der Waals surface area contributed by atoms with E-state index in [9.17, 15) is 0 Å². The Kier molecular flexibility index (Phi) is 3.90. The van der Waals surface area contributed by atoms with Crippen LogP contribution in [0.15, 0.2) is 16.8 Å². The van der Waals surface area contributed by atoms with Crippen molar-refractivity contribution >= 4 is 11.3 Å². The van der Waals surface area contributed by atoms with Crippen LogP contribution in [0, 0.1) is 0 Å². The van der Waals surface area contributed by atoms with Gasteiger partial charge in [0.15, 0.2) is 0 Å². The molecule has 13 heavy (non-hydrogen) atoms. The second-order valence-corrected chi connectivity index (χ2v) is 4.21. The van der Waals surface area contributed by atoms with Crippen molar-refractivity contribution in [3.63, 3.8) is 0 Å². The number of rotatable bonds is 4. The van der Waals surface area contributed by atoms with Gasteiger partial charge in [-0.3, -0.25) is 4.90 Å². The SMILES string of the molecule is CCN(C)C(c1ccsc1)C(C)N. The van der Waals surface area contributed by atoms with Crippen molar-refractivity contribution < 1.29 is 0 Å². The third-order valence-electron chi connectivity index (χ3n) is 2.36. The molecular weight excluding hydrogens is 180 g/mol. The second-order valence-electron chi connectivity index (χ2n) is 3.43. The largest absolute Gasteiger partial charge is 0.326 e. The van der Waals surface area contributed by atoms with E-state index < -0.39 is 0 Å². The Morgan fingerprint density at radius 2 is 2.31 bits per heavy atom. The maximum Gasteiger partial charge on any atom is 0.0501 e. The summed E-state index contributed by atoms with van der Waals surface area (Å²) in [5.74, 6) is 0. The minimum atomic E-state index is 0.180. The summed E-state index contributed by atoms with van der Waals surface area (Å²) < 4.78 is 0. The van der Waals surface area contributed by atoms with Crippen LogP contribution in [0.1, 0.15) is 25.5 Å². The quantitative estimate of drug-likeness (QED) is 0.802. The maximum absolute atomic E-state index is 5.97. The lowest BCUT2D eigenvalue weighted by atomic mass is 10.0. The standard InChI is InChI=1S/C10H18N2S/c1-4-12(3)10(8(2)11)9-5-6-13-7-9/h5-8,10H,4,11H2,1-3H3. The Bertz CT molecular complexity index is 231. The minimum Gasteiger partial charge on any atom is -0.326 e. The van der Waals surface area contributed by atoms with Crippen molar-refractivity contribution in [2.45, 2.75) is 25.9 Å². The first-order chi connectivity index (χ1) is 6.16. The summed E-state index contributed by atoms with van der Waals surface area (Å²) in [6.45, 7) is 5.25. The lowest BCUT2D eigenvalue weighted by molar-refractivity contribution is 0.230. The lowest BCUT2D eigenvalue weighted by Crippen LogP contribution is -2.36. The first-order valence-electron chi connectivity index (χ1n) is 4.64. The molecule has 0 aromatic carbocycles. The van der Waals surface area contributed by atoms with Gasteiger partial charge < -0.3 is 5.73 Å². The van der Waals surface area contributed by atoms with E-state index >= 15 is 0 Å². The van der Waals surface area contributed by atoms with Crippen LogP contribution >= 0.6 is 11.3 Å². The van der Waals surface area contributed by atoms with Crippen LogP contribution in [0.3, 0.4) is 0 Å². The minimum absolute atomic E-state index is 0.180. The summed E-state index contributed by atoms with van der Waals surface area (Å²) in [5.41, 5.74) is 7.30. The van der Waals surface area contributed by atoms with Gasteiger partial charge in [-0.15, -0.1) is 0 Å². The van der Waals surface area contributed by atoms with Gasteiger partial charge in [-0.25, -0.2) is 0 Å². The fourth-order valence-corrected chi connectivity index (χ4v) is 2.29. The molecule has 0 saturated carbocycles. The fourth-order valence-electron chi connectivity index (χ4n) is 1.60. The van der Waals surface area contributed by atoms with Crippen LogP contribution in [0.5, 0.6) is 0 Å². The zero-order valence-corrected chi connectivity index (χ0v) is 9.34. The summed E-state index contributed by atoms with van der Waals surface area (Å²) in [4.78, 5) is 2.28. The summed E-state index contributed by atoms with van der Waals surface area (Å²) >= 11 is 1.73. The lowest BCUT2D eigenvalue weighted by Gasteiger charge is -2.29. The highest BCUT2D eigenvalue weighted by Gasteiger charge is 2.19. The number of thiophene rings is 1. The van der Waals surface area contributed by atoms with E-state index in [1.54, 1.807) is 11.3 Å². The molecule has 1 rings (SSSR count). The third kappa shape index (κ3) is 2.53. The Morgan fingerprint density at radius 1 is 1.62 bits per heavy atom. The molecule has 0 aliphatic carbocycles. The van der Waals surface area contributed by atoms with Gasteiger partial charge in [-0.1, -0.05) is 6.92 Å². The second kappa shape index (κ2) is 4.74. The molecule has 0 radical (unpaired) electrons. The predicted molar refractivity (Wildman–Crippen MR) is 59.0 cm³/mol. The van der Waals surface area contributed by atoms with Crippen molar-refractivity contribution in [2.24, 2.45) is 5.73 Å². The van der Waals surface area contributed by atoms with Crippen LogP contribution < -0.4 is 5.73 Å². The average Bonchev–Trinajstić information content (AvgIpc) is 2.56. The van der Waals surface area contributed by atoms with Crippen LogP contribution in [0.4, 0.5) is 0 Å². The molecule has 1 aromatic heterocycles. The number of nitrogens with zero attached hydrogens (tertiary/aromatic N) is 1. The van der Waals surface area contributed by atoms with Crippen molar-refractivity contribution in [3.8, 4) is 0 Å². The van der Waals surface area contributed by atoms with Crippen molar-refractivity contribution in [1.29, 1.82) is 0 Å². The van der Waals surface area contributed by atoms with E-state index in [-0.39, 0.29) is 6.04 Å². The van der Waals surface area contributed by atoms with Crippen LogP contribution in [-0.4, -0.2) is 24.5 Å².